The number of ether oxygens (including phenoxy) is 1. The molecule has 0 fully saturated rings. The van der Waals surface area contributed by atoms with Gasteiger partial charge in [0.15, 0.2) is 0 Å². The van der Waals surface area contributed by atoms with E-state index in [1.54, 1.807) is 0 Å². The van der Waals surface area contributed by atoms with Gasteiger partial charge >= 0.3 is 0 Å². The summed E-state index contributed by atoms with van der Waals surface area (Å²) >= 11 is 0. The van der Waals surface area contributed by atoms with Crippen LogP contribution in [0.15, 0.2) is 18.2 Å². The van der Waals surface area contributed by atoms with Crippen LogP contribution in [0.25, 0.3) is 0 Å². The molecule has 0 aromatic heterocycles. The minimum Gasteiger partial charge on any atom is -0.493 e. The van der Waals surface area contributed by atoms with Crippen LogP contribution in [0.2, 0.25) is 0 Å². The molecule has 2 heteroatoms. The lowest BCUT2D eigenvalue weighted by Crippen LogP contribution is -2.15. The van der Waals surface area contributed by atoms with Gasteiger partial charge in [-0.1, -0.05) is 26.0 Å². The first-order valence-corrected chi connectivity index (χ1v) is 6.49. The Labute approximate surface area is 105 Å². The quantitative estimate of drug-likeness (QED) is 0.764. The van der Waals surface area contributed by atoms with Gasteiger partial charge in [0.2, 0.25) is 0 Å². The zero-order chi connectivity index (χ0) is 12.8. The summed E-state index contributed by atoms with van der Waals surface area (Å²) in [5.41, 5.74) is 8.25. The summed E-state index contributed by atoms with van der Waals surface area (Å²) in [4.78, 5) is 0. The average Bonchev–Trinajstić information content (AvgIpc) is 2.23. The predicted molar refractivity (Wildman–Crippen MR) is 73.6 cm³/mol. The highest BCUT2D eigenvalue weighted by Gasteiger charge is 2.07. The van der Waals surface area contributed by atoms with Gasteiger partial charge in [-0.3, -0.25) is 0 Å². The Bertz CT molecular complexity index is 345. The van der Waals surface area contributed by atoms with Crippen molar-refractivity contribution in [2.75, 3.05) is 6.61 Å². The molecular weight excluding hydrogens is 210 g/mol. The fourth-order valence-electron chi connectivity index (χ4n) is 1.83. The molecule has 0 bridgehead atoms. The van der Waals surface area contributed by atoms with Gasteiger partial charge < -0.3 is 10.5 Å². The molecule has 96 valence electrons. The van der Waals surface area contributed by atoms with Crippen LogP contribution >= 0.6 is 0 Å². The van der Waals surface area contributed by atoms with E-state index in [0.717, 1.165) is 25.2 Å². The van der Waals surface area contributed by atoms with Crippen molar-refractivity contribution < 1.29 is 4.74 Å². The lowest BCUT2D eigenvalue weighted by Gasteiger charge is -2.15. The highest BCUT2D eigenvalue weighted by atomic mass is 16.5. The third kappa shape index (κ3) is 4.78. The summed E-state index contributed by atoms with van der Waals surface area (Å²) in [5, 5.41) is 0. The molecule has 0 heterocycles. The normalized spacial score (nSPS) is 12.8. The van der Waals surface area contributed by atoms with Gasteiger partial charge in [0.05, 0.1) is 6.61 Å². The third-order valence-electron chi connectivity index (χ3n) is 2.85. The Balaban J connectivity index is 2.59. The monoisotopic (exact) mass is 235 g/mol. The van der Waals surface area contributed by atoms with Crippen molar-refractivity contribution >= 4 is 0 Å². The SMILES string of the molecule is Cc1ccc(C(C)C)c(OCCCC(C)N)c1. The molecule has 0 saturated carbocycles. The van der Waals surface area contributed by atoms with Crippen LogP contribution in [0.1, 0.15) is 50.7 Å². The molecule has 0 saturated heterocycles. The van der Waals surface area contributed by atoms with Crippen LogP contribution < -0.4 is 10.5 Å². The fraction of sp³-hybridized carbons (Fsp3) is 0.600. The Morgan fingerprint density at radius 1 is 1.24 bits per heavy atom. The van der Waals surface area contributed by atoms with Gasteiger partial charge in [0, 0.05) is 6.04 Å². The topological polar surface area (TPSA) is 35.2 Å². The van der Waals surface area contributed by atoms with Crippen molar-refractivity contribution in [3.05, 3.63) is 29.3 Å². The lowest BCUT2D eigenvalue weighted by atomic mass is 10.0. The van der Waals surface area contributed by atoms with Gasteiger partial charge in [-0.25, -0.2) is 0 Å². The zero-order valence-corrected chi connectivity index (χ0v) is 11.5. The van der Waals surface area contributed by atoms with Crippen molar-refractivity contribution in [2.45, 2.75) is 52.5 Å². The molecule has 1 aromatic carbocycles. The van der Waals surface area contributed by atoms with Crippen LogP contribution in [-0.2, 0) is 0 Å². The molecule has 0 amide bonds. The second-order valence-electron chi connectivity index (χ2n) is 5.16. The van der Waals surface area contributed by atoms with Gasteiger partial charge in [0.1, 0.15) is 5.75 Å². The summed E-state index contributed by atoms with van der Waals surface area (Å²) in [6, 6.07) is 6.70. The van der Waals surface area contributed by atoms with Crippen molar-refractivity contribution in [2.24, 2.45) is 5.73 Å². The number of nitrogens with two attached hydrogens (primary N) is 1. The molecule has 17 heavy (non-hydrogen) atoms. The Hall–Kier alpha value is -1.02. The van der Waals surface area contributed by atoms with Crippen LogP contribution in [-0.4, -0.2) is 12.6 Å². The first kappa shape index (κ1) is 14.0. The van der Waals surface area contributed by atoms with Gasteiger partial charge in [0.25, 0.3) is 0 Å². The molecular formula is C15H25NO. The smallest absolute Gasteiger partial charge is 0.122 e. The van der Waals surface area contributed by atoms with Crippen molar-refractivity contribution in [3.8, 4) is 5.75 Å². The van der Waals surface area contributed by atoms with Crippen molar-refractivity contribution in [1.82, 2.24) is 0 Å². The molecule has 0 spiro atoms. The van der Waals surface area contributed by atoms with E-state index < -0.39 is 0 Å². The second-order valence-corrected chi connectivity index (χ2v) is 5.16. The minimum atomic E-state index is 0.265. The number of rotatable bonds is 6. The predicted octanol–water partition coefficient (Wildman–Crippen LogP) is 3.62. The van der Waals surface area contributed by atoms with E-state index in [9.17, 15) is 0 Å². The summed E-state index contributed by atoms with van der Waals surface area (Å²) in [6.45, 7) is 9.27. The molecule has 1 unspecified atom stereocenters. The third-order valence-corrected chi connectivity index (χ3v) is 2.85. The molecule has 2 N–H and O–H groups in total. The van der Waals surface area contributed by atoms with E-state index in [2.05, 4.69) is 39.0 Å². The highest BCUT2D eigenvalue weighted by molar-refractivity contribution is 5.39. The fourth-order valence-corrected chi connectivity index (χ4v) is 1.83. The number of hydrogen-bond acceptors (Lipinski definition) is 2. The second kappa shape index (κ2) is 6.65. The van der Waals surface area contributed by atoms with E-state index >= 15 is 0 Å². The first-order valence-electron chi connectivity index (χ1n) is 6.49. The summed E-state index contributed by atoms with van der Waals surface area (Å²) in [5.74, 6) is 1.53. The maximum atomic E-state index is 5.87. The van der Waals surface area contributed by atoms with E-state index in [-0.39, 0.29) is 6.04 Å². The van der Waals surface area contributed by atoms with E-state index in [1.165, 1.54) is 11.1 Å². The molecule has 0 radical (unpaired) electrons. The van der Waals surface area contributed by atoms with E-state index in [1.807, 2.05) is 6.92 Å². The van der Waals surface area contributed by atoms with Crippen molar-refractivity contribution in [1.29, 1.82) is 0 Å². The molecule has 1 atom stereocenters. The Morgan fingerprint density at radius 2 is 1.94 bits per heavy atom. The van der Waals surface area contributed by atoms with Crippen molar-refractivity contribution in [3.63, 3.8) is 0 Å². The zero-order valence-electron chi connectivity index (χ0n) is 11.5. The lowest BCUT2D eigenvalue weighted by molar-refractivity contribution is 0.298. The van der Waals surface area contributed by atoms with Crippen LogP contribution in [0, 0.1) is 6.92 Å². The molecule has 1 rings (SSSR count). The molecule has 0 aliphatic rings. The summed E-state index contributed by atoms with van der Waals surface area (Å²) in [7, 11) is 0. The molecule has 1 aromatic rings. The summed E-state index contributed by atoms with van der Waals surface area (Å²) in [6.07, 6.45) is 2.03. The van der Waals surface area contributed by atoms with Gasteiger partial charge in [-0.05, 0) is 49.8 Å². The van der Waals surface area contributed by atoms with Crippen LogP contribution in [0.5, 0.6) is 5.75 Å². The Morgan fingerprint density at radius 3 is 2.53 bits per heavy atom. The molecule has 0 aliphatic heterocycles. The van der Waals surface area contributed by atoms with Crippen LogP contribution in [0.3, 0.4) is 0 Å². The largest absolute Gasteiger partial charge is 0.493 e. The molecule has 0 aliphatic carbocycles. The molecule has 2 nitrogen and oxygen atoms in total. The van der Waals surface area contributed by atoms with Gasteiger partial charge in [-0.2, -0.15) is 0 Å². The highest BCUT2D eigenvalue weighted by Crippen LogP contribution is 2.27. The summed E-state index contributed by atoms with van der Waals surface area (Å²) < 4.78 is 5.87. The van der Waals surface area contributed by atoms with E-state index in [0.29, 0.717) is 5.92 Å². The first-order chi connectivity index (χ1) is 8.00. The maximum Gasteiger partial charge on any atom is 0.122 e. The van der Waals surface area contributed by atoms with E-state index in [4.69, 9.17) is 10.5 Å². The van der Waals surface area contributed by atoms with Crippen LogP contribution in [0.4, 0.5) is 0 Å². The maximum absolute atomic E-state index is 5.87. The number of hydrogen-bond donors (Lipinski definition) is 1. The number of aryl methyl sites for hydroxylation is 1. The minimum absolute atomic E-state index is 0.265. The number of benzene rings is 1. The standard InChI is InChI=1S/C15H25NO/c1-11(2)14-8-7-12(3)10-15(14)17-9-5-6-13(4)16/h7-8,10-11,13H,5-6,9,16H2,1-4H3. The van der Waals surface area contributed by atoms with Gasteiger partial charge in [-0.15, -0.1) is 0 Å². The average molecular weight is 235 g/mol. The Kier molecular flexibility index (Phi) is 5.49.